The van der Waals surface area contributed by atoms with Crippen LogP contribution in [0.5, 0.6) is 0 Å². The predicted octanol–water partition coefficient (Wildman–Crippen LogP) is 3.77. The molecule has 3 nitrogen and oxygen atoms in total. The summed E-state index contributed by atoms with van der Waals surface area (Å²) in [4.78, 5) is 7.06. The molecule has 2 rings (SSSR count). The van der Waals surface area contributed by atoms with E-state index in [0.717, 1.165) is 24.8 Å². The Balaban J connectivity index is 2.04. The third-order valence-corrected chi connectivity index (χ3v) is 4.57. The molecule has 0 amide bonds. The van der Waals surface area contributed by atoms with E-state index in [9.17, 15) is 0 Å². The highest BCUT2D eigenvalue weighted by atomic mass is 15.2. The SMILES string of the molecule is CCCC1CCCN(c2cc(C(C)NC)ccn2)CC1. The van der Waals surface area contributed by atoms with Crippen LogP contribution in [0.3, 0.4) is 0 Å². The second-order valence-corrected chi connectivity index (χ2v) is 6.03. The summed E-state index contributed by atoms with van der Waals surface area (Å²) in [6.07, 6.45) is 8.67. The molecule has 0 aliphatic carbocycles. The van der Waals surface area contributed by atoms with Gasteiger partial charge in [-0.2, -0.15) is 0 Å². The number of nitrogens with zero attached hydrogens (tertiary/aromatic N) is 2. The summed E-state index contributed by atoms with van der Waals surface area (Å²) < 4.78 is 0. The topological polar surface area (TPSA) is 28.2 Å². The third-order valence-electron chi connectivity index (χ3n) is 4.57. The summed E-state index contributed by atoms with van der Waals surface area (Å²) in [6, 6.07) is 4.75. The normalized spacial score (nSPS) is 21.6. The monoisotopic (exact) mass is 275 g/mol. The molecule has 1 fully saturated rings. The standard InChI is InChI=1S/C17H29N3/c1-4-6-15-7-5-11-20(12-9-15)17-13-16(8-10-19-17)14(2)18-3/h8,10,13-15,18H,4-7,9,11-12H2,1-3H3. The molecule has 1 aromatic rings. The fourth-order valence-electron chi connectivity index (χ4n) is 3.13. The van der Waals surface area contributed by atoms with Crippen molar-refractivity contribution in [1.29, 1.82) is 0 Å². The Morgan fingerprint density at radius 2 is 2.25 bits per heavy atom. The van der Waals surface area contributed by atoms with E-state index in [2.05, 4.69) is 41.2 Å². The van der Waals surface area contributed by atoms with Crippen molar-refractivity contribution in [1.82, 2.24) is 10.3 Å². The maximum absolute atomic E-state index is 4.59. The molecule has 1 N–H and O–H groups in total. The van der Waals surface area contributed by atoms with Crippen molar-refractivity contribution in [3.63, 3.8) is 0 Å². The highest BCUT2D eigenvalue weighted by Crippen LogP contribution is 2.25. The summed E-state index contributed by atoms with van der Waals surface area (Å²) in [5.41, 5.74) is 1.33. The van der Waals surface area contributed by atoms with Gasteiger partial charge in [0.05, 0.1) is 0 Å². The van der Waals surface area contributed by atoms with Gasteiger partial charge in [0.25, 0.3) is 0 Å². The molecule has 2 unspecified atom stereocenters. The van der Waals surface area contributed by atoms with Crippen molar-refractivity contribution in [2.75, 3.05) is 25.0 Å². The first kappa shape index (κ1) is 15.3. The Bertz CT molecular complexity index is 405. The van der Waals surface area contributed by atoms with Crippen LogP contribution in [0, 0.1) is 5.92 Å². The fourth-order valence-corrected chi connectivity index (χ4v) is 3.13. The molecular weight excluding hydrogens is 246 g/mol. The first-order valence-corrected chi connectivity index (χ1v) is 8.12. The molecule has 2 heterocycles. The quantitative estimate of drug-likeness (QED) is 0.886. The van der Waals surface area contributed by atoms with Gasteiger partial charge in [-0.25, -0.2) is 4.98 Å². The number of nitrogens with one attached hydrogen (secondary N) is 1. The molecule has 0 bridgehead atoms. The Morgan fingerprint density at radius 1 is 1.40 bits per heavy atom. The molecule has 0 spiro atoms. The van der Waals surface area contributed by atoms with Gasteiger partial charge in [-0.05, 0) is 56.8 Å². The fraction of sp³-hybridized carbons (Fsp3) is 0.706. The molecule has 20 heavy (non-hydrogen) atoms. The van der Waals surface area contributed by atoms with Gasteiger partial charge in [-0.1, -0.05) is 19.8 Å². The smallest absolute Gasteiger partial charge is 0.128 e. The lowest BCUT2D eigenvalue weighted by Crippen LogP contribution is -2.25. The van der Waals surface area contributed by atoms with Crippen LogP contribution in [-0.2, 0) is 0 Å². The van der Waals surface area contributed by atoms with E-state index in [1.807, 2.05) is 13.2 Å². The van der Waals surface area contributed by atoms with Crippen LogP contribution in [0.4, 0.5) is 5.82 Å². The van der Waals surface area contributed by atoms with Gasteiger partial charge in [0.1, 0.15) is 5.82 Å². The Labute approximate surface area is 123 Å². The van der Waals surface area contributed by atoms with E-state index in [1.165, 1.54) is 37.7 Å². The van der Waals surface area contributed by atoms with Crippen LogP contribution in [0.1, 0.15) is 57.6 Å². The maximum Gasteiger partial charge on any atom is 0.128 e. The highest BCUT2D eigenvalue weighted by molar-refractivity contribution is 5.42. The minimum Gasteiger partial charge on any atom is -0.357 e. The number of anilines is 1. The van der Waals surface area contributed by atoms with E-state index < -0.39 is 0 Å². The third kappa shape index (κ3) is 3.95. The average Bonchev–Trinajstić information content (AvgIpc) is 2.73. The van der Waals surface area contributed by atoms with Gasteiger partial charge in [0, 0.05) is 25.3 Å². The van der Waals surface area contributed by atoms with Crippen LogP contribution in [-0.4, -0.2) is 25.1 Å². The number of hydrogen-bond donors (Lipinski definition) is 1. The molecule has 1 aliphatic heterocycles. The van der Waals surface area contributed by atoms with E-state index in [1.54, 1.807) is 0 Å². The van der Waals surface area contributed by atoms with Gasteiger partial charge in [-0.3, -0.25) is 0 Å². The molecule has 0 saturated carbocycles. The van der Waals surface area contributed by atoms with Crippen LogP contribution >= 0.6 is 0 Å². The Hall–Kier alpha value is -1.09. The first-order chi connectivity index (χ1) is 9.74. The van der Waals surface area contributed by atoms with Crippen molar-refractivity contribution in [2.45, 2.75) is 52.0 Å². The number of pyridine rings is 1. The largest absolute Gasteiger partial charge is 0.357 e. The van der Waals surface area contributed by atoms with Crippen molar-refractivity contribution in [3.8, 4) is 0 Å². The van der Waals surface area contributed by atoms with E-state index in [-0.39, 0.29) is 0 Å². The molecule has 0 aromatic carbocycles. The van der Waals surface area contributed by atoms with Crippen LogP contribution in [0.2, 0.25) is 0 Å². The summed E-state index contributed by atoms with van der Waals surface area (Å²) in [7, 11) is 2.01. The van der Waals surface area contributed by atoms with Crippen molar-refractivity contribution < 1.29 is 0 Å². The zero-order valence-corrected chi connectivity index (χ0v) is 13.2. The van der Waals surface area contributed by atoms with Gasteiger partial charge >= 0.3 is 0 Å². The van der Waals surface area contributed by atoms with Crippen molar-refractivity contribution in [3.05, 3.63) is 23.9 Å². The van der Waals surface area contributed by atoms with Gasteiger partial charge in [0.2, 0.25) is 0 Å². The maximum atomic E-state index is 4.59. The average molecular weight is 275 g/mol. The summed E-state index contributed by atoms with van der Waals surface area (Å²) in [5, 5.41) is 3.30. The summed E-state index contributed by atoms with van der Waals surface area (Å²) >= 11 is 0. The molecular formula is C17H29N3. The zero-order valence-electron chi connectivity index (χ0n) is 13.2. The first-order valence-electron chi connectivity index (χ1n) is 8.12. The summed E-state index contributed by atoms with van der Waals surface area (Å²) in [5.74, 6) is 2.08. The summed E-state index contributed by atoms with van der Waals surface area (Å²) in [6.45, 7) is 6.81. The van der Waals surface area contributed by atoms with Gasteiger partial charge < -0.3 is 10.2 Å². The van der Waals surface area contributed by atoms with Crippen LogP contribution < -0.4 is 10.2 Å². The molecule has 3 heteroatoms. The number of hydrogen-bond acceptors (Lipinski definition) is 3. The molecule has 112 valence electrons. The number of rotatable bonds is 5. The Morgan fingerprint density at radius 3 is 3.00 bits per heavy atom. The molecule has 1 aromatic heterocycles. The zero-order chi connectivity index (χ0) is 14.4. The lowest BCUT2D eigenvalue weighted by atomic mass is 9.96. The molecule has 0 radical (unpaired) electrons. The van der Waals surface area contributed by atoms with E-state index >= 15 is 0 Å². The van der Waals surface area contributed by atoms with Crippen molar-refractivity contribution in [2.24, 2.45) is 5.92 Å². The second-order valence-electron chi connectivity index (χ2n) is 6.03. The van der Waals surface area contributed by atoms with Crippen molar-refractivity contribution >= 4 is 5.82 Å². The lowest BCUT2D eigenvalue weighted by Gasteiger charge is -2.23. The van der Waals surface area contributed by atoms with E-state index in [4.69, 9.17) is 0 Å². The van der Waals surface area contributed by atoms with Gasteiger partial charge in [0.15, 0.2) is 0 Å². The number of aromatic nitrogens is 1. The molecule has 1 aliphatic rings. The highest BCUT2D eigenvalue weighted by Gasteiger charge is 2.18. The lowest BCUT2D eigenvalue weighted by molar-refractivity contribution is 0.435. The minimum atomic E-state index is 0.386. The molecule has 2 atom stereocenters. The minimum absolute atomic E-state index is 0.386. The predicted molar refractivity (Wildman–Crippen MR) is 86.2 cm³/mol. The Kier molecular flexibility index (Phi) is 5.84. The molecule has 1 saturated heterocycles. The van der Waals surface area contributed by atoms with Crippen LogP contribution in [0.15, 0.2) is 18.3 Å². The van der Waals surface area contributed by atoms with Crippen LogP contribution in [0.25, 0.3) is 0 Å². The van der Waals surface area contributed by atoms with E-state index in [0.29, 0.717) is 6.04 Å². The van der Waals surface area contributed by atoms with Gasteiger partial charge in [-0.15, -0.1) is 0 Å². The second kappa shape index (κ2) is 7.63.